The Balaban J connectivity index is 1.54. The number of rotatable bonds is 10. The molecule has 9 nitrogen and oxygen atoms in total. The van der Waals surface area contributed by atoms with Gasteiger partial charge in [-0.1, -0.05) is 43.3 Å². The Hall–Kier alpha value is -4.08. The van der Waals surface area contributed by atoms with Crippen molar-refractivity contribution in [3.8, 4) is 17.2 Å². The maximum atomic E-state index is 13.6. The molecule has 9 heteroatoms. The van der Waals surface area contributed by atoms with Crippen LogP contribution in [-0.4, -0.2) is 71.8 Å². The second-order valence-electron chi connectivity index (χ2n) is 11.3. The van der Waals surface area contributed by atoms with Gasteiger partial charge in [-0.25, -0.2) is 4.79 Å². The van der Waals surface area contributed by atoms with E-state index in [0.29, 0.717) is 36.6 Å². The monoisotopic (exact) mass is 574 g/mol. The predicted octanol–water partition coefficient (Wildman–Crippen LogP) is 5.36. The van der Waals surface area contributed by atoms with Gasteiger partial charge in [0.05, 0.1) is 23.9 Å². The number of hydrogen-bond donors (Lipinski definition) is 3. The van der Waals surface area contributed by atoms with E-state index in [4.69, 9.17) is 9.47 Å². The number of hydrogen-bond acceptors (Lipinski definition) is 6. The molecule has 1 aliphatic rings. The van der Waals surface area contributed by atoms with Crippen molar-refractivity contribution in [1.82, 2.24) is 15.1 Å². The highest BCUT2D eigenvalue weighted by Crippen LogP contribution is 2.35. The van der Waals surface area contributed by atoms with E-state index in [1.807, 2.05) is 89.3 Å². The molecule has 0 bridgehead atoms. The van der Waals surface area contributed by atoms with Gasteiger partial charge in [-0.15, -0.1) is 0 Å². The number of amides is 3. The molecule has 3 amide bonds. The topological polar surface area (TPSA) is 103 Å². The summed E-state index contributed by atoms with van der Waals surface area (Å²) in [5, 5.41) is 15.6. The molecule has 0 fully saturated rings. The maximum absolute atomic E-state index is 13.6. The number of nitrogens with one attached hydrogen (secondary N) is 2. The summed E-state index contributed by atoms with van der Waals surface area (Å²) in [5.74, 6) is 1.60. The van der Waals surface area contributed by atoms with E-state index in [0.717, 1.165) is 17.1 Å². The fourth-order valence-corrected chi connectivity index (χ4v) is 4.95. The third-order valence-corrected chi connectivity index (χ3v) is 7.21. The Morgan fingerprint density at radius 3 is 2.40 bits per heavy atom. The number of ether oxygens (including phenoxy) is 2. The van der Waals surface area contributed by atoms with Gasteiger partial charge in [0, 0.05) is 31.6 Å². The highest BCUT2D eigenvalue weighted by atomic mass is 16.5. The van der Waals surface area contributed by atoms with E-state index in [1.54, 1.807) is 23.1 Å². The van der Waals surface area contributed by atoms with Gasteiger partial charge in [-0.2, -0.15) is 0 Å². The van der Waals surface area contributed by atoms with Gasteiger partial charge in [-0.05, 0) is 69.8 Å². The standard InChI is InChI=1S/C33H42N4O5/c1-22(2)34-33(40)35-29-13-9-12-28-31(29)42-30(23(3)18-37(32(28)39)24(4)21-38)20-36(5)19-25-14-16-27(17-15-25)41-26-10-7-6-8-11-26/h6-17,22-24,30,38H,18-21H2,1-5H3,(H2,34,35,40)/t23-,24-,30-/m0/s1. The van der Waals surface area contributed by atoms with Crippen molar-refractivity contribution in [2.24, 2.45) is 5.92 Å². The first-order chi connectivity index (χ1) is 20.1. The van der Waals surface area contributed by atoms with Crippen molar-refractivity contribution in [3.63, 3.8) is 0 Å². The SMILES string of the molecule is CC(C)NC(=O)Nc1cccc2c1O[C@@H](CN(C)Cc1ccc(Oc3ccccc3)cc1)[C@@H](C)CN([C@@H](C)CO)C2=O. The zero-order chi connectivity index (χ0) is 30.2. The minimum Gasteiger partial charge on any atom is -0.486 e. The van der Waals surface area contributed by atoms with Gasteiger partial charge in [0.1, 0.15) is 17.6 Å². The van der Waals surface area contributed by atoms with E-state index in [1.165, 1.54) is 0 Å². The lowest BCUT2D eigenvalue weighted by Gasteiger charge is -2.38. The first kappa shape index (κ1) is 30.9. The van der Waals surface area contributed by atoms with Crippen LogP contribution in [0.1, 0.15) is 43.6 Å². The molecule has 4 rings (SSSR count). The van der Waals surface area contributed by atoms with Crippen LogP contribution < -0.4 is 20.1 Å². The van der Waals surface area contributed by atoms with Crippen molar-refractivity contribution < 1.29 is 24.2 Å². The average molecular weight is 575 g/mol. The van der Waals surface area contributed by atoms with Crippen LogP contribution in [0, 0.1) is 5.92 Å². The van der Waals surface area contributed by atoms with Crippen LogP contribution in [0.2, 0.25) is 0 Å². The maximum Gasteiger partial charge on any atom is 0.319 e. The quantitative estimate of drug-likeness (QED) is 0.301. The highest BCUT2D eigenvalue weighted by Gasteiger charge is 2.34. The molecular weight excluding hydrogens is 532 g/mol. The van der Waals surface area contributed by atoms with Crippen molar-refractivity contribution in [2.45, 2.75) is 52.4 Å². The van der Waals surface area contributed by atoms with Crippen molar-refractivity contribution >= 4 is 17.6 Å². The average Bonchev–Trinajstić information content (AvgIpc) is 2.96. The Bertz CT molecular complexity index is 1330. The van der Waals surface area contributed by atoms with E-state index in [-0.39, 0.29) is 42.7 Å². The molecule has 0 spiro atoms. The predicted molar refractivity (Wildman–Crippen MR) is 164 cm³/mol. The lowest BCUT2D eigenvalue weighted by molar-refractivity contribution is 0.0343. The third-order valence-electron chi connectivity index (χ3n) is 7.21. The normalized spacial score (nSPS) is 17.6. The van der Waals surface area contributed by atoms with Gasteiger partial charge in [0.15, 0.2) is 5.75 Å². The van der Waals surface area contributed by atoms with Crippen LogP contribution in [0.4, 0.5) is 10.5 Å². The molecule has 0 radical (unpaired) electrons. The molecule has 3 N–H and O–H groups in total. The first-order valence-corrected chi connectivity index (χ1v) is 14.4. The van der Waals surface area contributed by atoms with Crippen LogP contribution in [0.25, 0.3) is 0 Å². The number of nitrogens with zero attached hydrogens (tertiary/aromatic N) is 2. The summed E-state index contributed by atoms with van der Waals surface area (Å²) in [6.07, 6.45) is -0.299. The third kappa shape index (κ3) is 8.02. The van der Waals surface area contributed by atoms with Crippen LogP contribution in [0.5, 0.6) is 17.2 Å². The van der Waals surface area contributed by atoms with Gasteiger partial charge < -0.3 is 30.1 Å². The molecular formula is C33H42N4O5. The highest BCUT2D eigenvalue weighted by molar-refractivity contribution is 6.01. The molecule has 3 aromatic rings. The molecule has 0 saturated carbocycles. The molecule has 0 aromatic heterocycles. The Labute approximate surface area is 248 Å². The van der Waals surface area contributed by atoms with E-state index in [2.05, 4.69) is 15.5 Å². The molecule has 1 aliphatic heterocycles. The molecule has 3 aromatic carbocycles. The van der Waals surface area contributed by atoms with Crippen LogP contribution in [0.15, 0.2) is 72.8 Å². The summed E-state index contributed by atoms with van der Waals surface area (Å²) >= 11 is 0. The molecule has 42 heavy (non-hydrogen) atoms. The zero-order valence-electron chi connectivity index (χ0n) is 25.0. The summed E-state index contributed by atoms with van der Waals surface area (Å²) in [5.41, 5.74) is 1.90. The molecule has 3 atom stereocenters. The number of aliphatic hydroxyl groups excluding tert-OH is 1. The lowest BCUT2D eigenvalue weighted by atomic mass is 9.99. The molecule has 0 unspecified atom stereocenters. The van der Waals surface area contributed by atoms with Crippen molar-refractivity contribution in [3.05, 3.63) is 83.9 Å². The number of fused-ring (bicyclic) bond motifs is 1. The number of aliphatic hydroxyl groups is 1. The molecule has 0 aliphatic carbocycles. The minimum absolute atomic E-state index is 0.0562. The Morgan fingerprint density at radius 2 is 1.74 bits per heavy atom. The summed E-state index contributed by atoms with van der Waals surface area (Å²) in [4.78, 5) is 30.1. The number of likely N-dealkylation sites (N-methyl/N-ethyl adjacent to an activating group) is 1. The molecule has 1 heterocycles. The van der Waals surface area contributed by atoms with E-state index in [9.17, 15) is 14.7 Å². The van der Waals surface area contributed by atoms with Gasteiger partial charge in [0.25, 0.3) is 5.91 Å². The van der Waals surface area contributed by atoms with Crippen LogP contribution in [0.3, 0.4) is 0 Å². The lowest BCUT2D eigenvalue weighted by Crippen LogP contribution is -2.49. The summed E-state index contributed by atoms with van der Waals surface area (Å²) in [7, 11) is 2.03. The first-order valence-electron chi connectivity index (χ1n) is 14.4. The van der Waals surface area contributed by atoms with Crippen molar-refractivity contribution in [1.29, 1.82) is 0 Å². The van der Waals surface area contributed by atoms with Crippen molar-refractivity contribution in [2.75, 3.05) is 32.1 Å². The van der Waals surface area contributed by atoms with E-state index < -0.39 is 0 Å². The number of carbonyl (C=O) groups is 2. The second-order valence-corrected chi connectivity index (χ2v) is 11.3. The number of carbonyl (C=O) groups excluding carboxylic acids is 2. The number of benzene rings is 3. The number of urea groups is 1. The second kappa shape index (κ2) is 14.2. The zero-order valence-corrected chi connectivity index (χ0v) is 25.0. The smallest absolute Gasteiger partial charge is 0.319 e. The largest absolute Gasteiger partial charge is 0.486 e. The van der Waals surface area contributed by atoms with Gasteiger partial charge in [-0.3, -0.25) is 9.69 Å². The summed E-state index contributed by atoms with van der Waals surface area (Å²) < 4.78 is 12.5. The fourth-order valence-electron chi connectivity index (χ4n) is 4.95. The van der Waals surface area contributed by atoms with Crippen LogP contribution >= 0.6 is 0 Å². The van der Waals surface area contributed by atoms with E-state index >= 15 is 0 Å². The molecule has 0 saturated heterocycles. The van der Waals surface area contributed by atoms with Crippen LogP contribution in [-0.2, 0) is 6.54 Å². The number of anilines is 1. The van der Waals surface area contributed by atoms with Gasteiger partial charge in [0.2, 0.25) is 0 Å². The fraction of sp³-hybridized carbons (Fsp3) is 0.394. The Morgan fingerprint density at radius 1 is 1.05 bits per heavy atom. The molecule has 224 valence electrons. The summed E-state index contributed by atoms with van der Waals surface area (Å²) in [6.45, 7) is 9.15. The van der Waals surface area contributed by atoms with Gasteiger partial charge >= 0.3 is 6.03 Å². The number of para-hydroxylation sites is 2. The summed E-state index contributed by atoms with van der Waals surface area (Å²) in [6, 6.07) is 22.0. The Kier molecular flexibility index (Phi) is 10.4. The minimum atomic E-state index is -0.376.